The average molecular weight is 363 g/mol. The summed E-state index contributed by atoms with van der Waals surface area (Å²) in [6, 6.07) is 11.8. The van der Waals surface area contributed by atoms with Crippen LogP contribution in [0.3, 0.4) is 0 Å². The summed E-state index contributed by atoms with van der Waals surface area (Å²) in [7, 11) is 0. The SMILES string of the molecule is O=C(NCc1ccco1)C1CCCN1Cc1ccccc1Br. The molecule has 4 nitrogen and oxygen atoms in total. The summed E-state index contributed by atoms with van der Waals surface area (Å²) in [5, 5.41) is 2.97. The number of nitrogens with one attached hydrogen (secondary N) is 1. The molecule has 1 saturated heterocycles. The molecule has 0 aliphatic carbocycles. The lowest BCUT2D eigenvalue weighted by molar-refractivity contribution is -0.125. The molecule has 1 aromatic carbocycles. The smallest absolute Gasteiger partial charge is 0.237 e. The molecule has 1 N–H and O–H groups in total. The second kappa shape index (κ2) is 7.11. The molecule has 1 fully saturated rings. The van der Waals surface area contributed by atoms with Gasteiger partial charge in [-0.05, 0) is 43.1 Å². The Hall–Kier alpha value is -1.59. The number of carbonyl (C=O) groups is 1. The summed E-state index contributed by atoms with van der Waals surface area (Å²) in [6.45, 7) is 2.20. The van der Waals surface area contributed by atoms with E-state index in [9.17, 15) is 4.79 Å². The van der Waals surface area contributed by atoms with Gasteiger partial charge in [0.15, 0.2) is 0 Å². The fourth-order valence-electron chi connectivity index (χ4n) is 2.86. The molecule has 0 bridgehead atoms. The Morgan fingerprint density at radius 3 is 2.95 bits per heavy atom. The molecule has 116 valence electrons. The highest BCUT2D eigenvalue weighted by atomic mass is 79.9. The zero-order valence-electron chi connectivity index (χ0n) is 12.3. The number of furan rings is 1. The van der Waals surface area contributed by atoms with Crippen LogP contribution in [0.5, 0.6) is 0 Å². The van der Waals surface area contributed by atoms with E-state index in [1.807, 2.05) is 30.3 Å². The van der Waals surface area contributed by atoms with E-state index >= 15 is 0 Å². The lowest BCUT2D eigenvalue weighted by Crippen LogP contribution is -2.42. The van der Waals surface area contributed by atoms with Crippen LogP contribution in [0, 0.1) is 0 Å². The number of likely N-dealkylation sites (tertiary alicyclic amines) is 1. The minimum absolute atomic E-state index is 0.0536. The minimum Gasteiger partial charge on any atom is -0.467 e. The van der Waals surface area contributed by atoms with E-state index in [1.54, 1.807) is 6.26 Å². The Morgan fingerprint density at radius 2 is 2.18 bits per heavy atom. The summed E-state index contributed by atoms with van der Waals surface area (Å²) in [5.74, 6) is 0.865. The van der Waals surface area contributed by atoms with Gasteiger partial charge in [0.1, 0.15) is 5.76 Å². The van der Waals surface area contributed by atoms with Gasteiger partial charge in [0.25, 0.3) is 0 Å². The molecule has 1 aliphatic heterocycles. The molecule has 1 aliphatic rings. The summed E-state index contributed by atoms with van der Waals surface area (Å²) < 4.78 is 6.34. The fourth-order valence-corrected chi connectivity index (χ4v) is 3.27. The first-order valence-corrected chi connectivity index (χ1v) is 8.31. The lowest BCUT2D eigenvalue weighted by Gasteiger charge is -2.24. The number of hydrogen-bond acceptors (Lipinski definition) is 3. The quantitative estimate of drug-likeness (QED) is 0.887. The van der Waals surface area contributed by atoms with E-state index < -0.39 is 0 Å². The highest BCUT2D eigenvalue weighted by Crippen LogP contribution is 2.24. The van der Waals surface area contributed by atoms with Gasteiger partial charge in [0.2, 0.25) is 5.91 Å². The van der Waals surface area contributed by atoms with Crippen LogP contribution < -0.4 is 5.32 Å². The van der Waals surface area contributed by atoms with Crippen LogP contribution in [0.15, 0.2) is 51.6 Å². The van der Waals surface area contributed by atoms with E-state index in [1.165, 1.54) is 5.56 Å². The molecule has 0 spiro atoms. The molecule has 22 heavy (non-hydrogen) atoms. The van der Waals surface area contributed by atoms with Crippen molar-refractivity contribution in [2.45, 2.75) is 32.0 Å². The number of rotatable bonds is 5. The normalized spacial score (nSPS) is 18.5. The molecule has 3 rings (SSSR count). The van der Waals surface area contributed by atoms with Crippen molar-refractivity contribution in [2.24, 2.45) is 0 Å². The number of nitrogens with zero attached hydrogens (tertiary/aromatic N) is 1. The van der Waals surface area contributed by atoms with Crippen molar-refractivity contribution in [1.29, 1.82) is 0 Å². The van der Waals surface area contributed by atoms with Gasteiger partial charge in [-0.25, -0.2) is 0 Å². The van der Waals surface area contributed by atoms with Crippen molar-refractivity contribution in [3.63, 3.8) is 0 Å². The first kappa shape index (κ1) is 15.3. The van der Waals surface area contributed by atoms with Gasteiger partial charge in [-0.15, -0.1) is 0 Å². The Labute approximate surface area is 138 Å². The summed E-state index contributed by atoms with van der Waals surface area (Å²) in [4.78, 5) is 14.7. The monoisotopic (exact) mass is 362 g/mol. The van der Waals surface area contributed by atoms with Crippen molar-refractivity contribution in [1.82, 2.24) is 10.2 Å². The molecule has 2 heterocycles. The number of halogens is 1. The maximum atomic E-state index is 12.4. The molecule has 0 radical (unpaired) electrons. The van der Waals surface area contributed by atoms with Crippen molar-refractivity contribution in [3.05, 3.63) is 58.5 Å². The molecule has 1 atom stereocenters. The van der Waals surface area contributed by atoms with E-state index in [-0.39, 0.29) is 11.9 Å². The first-order valence-electron chi connectivity index (χ1n) is 7.51. The van der Waals surface area contributed by atoms with Gasteiger partial charge in [-0.1, -0.05) is 34.1 Å². The Kier molecular flexibility index (Phi) is 4.95. The maximum Gasteiger partial charge on any atom is 0.237 e. The summed E-state index contributed by atoms with van der Waals surface area (Å²) >= 11 is 3.58. The maximum absolute atomic E-state index is 12.4. The van der Waals surface area contributed by atoms with E-state index in [0.717, 1.165) is 36.2 Å². The molecular weight excluding hydrogens is 344 g/mol. The van der Waals surface area contributed by atoms with Crippen LogP contribution >= 0.6 is 15.9 Å². The minimum atomic E-state index is -0.0536. The van der Waals surface area contributed by atoms with Gasteiger partial charge >= 0.3 is 0 Å². The third-order valence-corrected chi connectivity index (χ3v) is 4.79. The predicted octanol–water partition coefficient (Wildman–Crippen LogP) is 3.32. The fraction of sp³-hybridized carbons (Fsp3) is 0.353. The van der Waals surface area contributed by atoms with Crippen molar-refractivity contribution in [2.75, 3.05) is 6.54 Å². The molecule has 0 saturated carbocycles. The third kappa shape index (κ3) is 3.59. The van der Waals surface area contributed by atoms with Crippen LogP contribution in [0.25, 0.3) is 0 Å². The average Bonchev–Trinajstić information content (AvgIpc) is 3.18. The predicted molar refractivity (Wildman–Crippen MR) is 88.1 cm³/mol. The second-order valence-corrected chi connectivity index (χ2v) is 6.37. The number of carbonyl (C=O) groups excluding carboxylic acids is 1. The topological polar surface area (TPSA) is 45.5 Å². The van der Waals surface area contributed by atoms with E-state index in [2.05, 4.69) is 32.2 Å². The zero-order valence-corrected chi connectivity index (χ0v) is 13.9. The van der Waals surface area contributed by atoms with Crippen LogP contribution in [0.1, 0.15) is 24.2 Å². The number of hydrogen-bond donors (Lipinski definition) is 1. The highest BCUT2D eigenvalue weighted by molar-refractivity contribution is 9.10. The van der Waals surface area contributed by atoms with Gasteiger partial charge in [0, 0.05) is 11.0 Å². The van der Waals surface area contributed by atoms with Crippen molar-refractivity contribution in [3.8, 4) is 0 Å². The Bertz CT molecular complexity index is 627. The van der Waals surface area contributed by atoms with Crippen LogP contribution in [0.4, 0.5) is 0 Å². The van der Waals surface area contributed by atoms with Crippen molar-refractivity contribution >= 4 is 21.8 Å². The Balaban J connectivity index is 1.60. The first-order chi connectivity index (χ1) is 10.7. The number of benzene rings is 1. The molecule has 1 unspecified atom stereocenters. The third-order valence-electron chi connectivity index (χ3n) is 4.01. The van der Waals surface area contributed by atoms with Gasteiger partial charge in [-0.3, -0.25) is 9.69 Å². The number of amides is 1. The molecule has 1 amide bonds. The molecule has 5 heteroatoms. The summed E-state index contributed by atoms with van der Waals surface area (Å²) in [5.41, 5.74) is 1.22. The van der Waals surface area contributed by atoms with E-state index in [0.29, 0.717) is 6.54 Å². The largest absolute Gasteiger partial charge is 0.467 e. The van der Waals surface area contributed by atoms with Gasteiger partial charge in [-0.2, -0.15) is 0 Å². The van der Waals surface area contributed by atoms with Gasteiger partial charge in [0.05, 0.1) is 18.8 Å². The molecular formula is C17H19BrN2O2. The molecule has 1 aromatic heterocycles. The zero-order chi connectivity index (χ0) is 15.4. The molecule has 2 aromatic rings. The second-order valence-electron chi connectivity index (χ2n) is 5.52. The standard InChI is InChI=1S/C17H19BrN2O2/c18-15-7-2-1-5-13(15)12-20-9-3-8-16(20)17(21)19-11-14-6-4-10-22-14/h1-2,4-7,10,16H,3,8-9,11-12H2,(H,19,21). The van der Waals surface area contributed by atoms with Crippen LogP contribution in [-0.2, 0) is 17.9 Å². The van der Waals surface area contributed by atoms with Crippen molar-refractivity contribution < 1.29 is 9.21 Å². The summed E-state index contributed by atoms with van der Waals surface area (Å²) in [6.07, 6.45) is 3.59. The Morgan fingerprint density at radius 1 is 1.32 bits per heavy atom. The highest BCUT2D eigenvalue weighted by Gasteiger charge is 2.30. The van der Waals surface area contributed by atoms with Crippen LogP contribution in [-0.4, -0.2) is 23.4 Å². The van der Waals surface area contributed by atoms with Gasteiger partial charge < -0.3 is 9.73 Å². The van der Waals surface area contributed by atoms with E-state index in [4.69, 9.17) is 4.42 Å². The van der Waals surface area contributed by atoms with Crippen LogP contribution in [0.2, 0.25) is 0 Å². The lowest BCUT2D eigenvalue weighted by atomic mass is 10.1.